The quantitative estimate of drug-likeness (QED) is 0.848. The molecular formula is C21H28N2O2. The molecule has 2 aromatic rings. The minimum Gasteiger partial charge on any atom is -0.384 e. The Bertz CT molecular complexity index is 649. The van der Waals surface area contributed by atoms with Gasteiger partial charge in [0.1, 0.15) is 0 Å². The highest BCUT2D eigenvalue weighted by Crippen LogP contribution is 2.23. The molecule has 2 atom stereocenters. The number of nitrogens with one attached hydrogen (secondary N) is 1. The van der Waals surface area contributed by atoms with Crippen LogP contribution in [-0.4, -0.2) is 38.0 Å². The lowest BCUT2D eigenvalue weighted by atomic mass is 9.95. The fourth-order valence-electron chi connectivity index (χ4n) is 3.16. The van der Waals surface area contributed by atoms with Crippen molar-refractivity contribution in [2.24, 2.45) is 0 Å². The van der Waals surface area contributed by atoms with Gasteiger partial charge in [0.25, 0.3) is 0 Å². The zero-order valence-electron chi connectivity index (χ0n) is 15.1. The Labute approximate surface area is 150 Å². The number of aliphatic hydroxyl groups is 1. The average Bonchev–Trinajstić information content (AvgIpc) is 2.68. The Hall–Kier alpha value is -1.88. The molecule has 0 aromatic heterocycles. The first kappa shape index (κ1) is 17.9. The van der Waals surface area contributed by atoms with Gasteiger partial charge < -0.3 is 20.1 Å². The Kier molecular flexibility index (Phi) is 5.74. The first-order valence-corrected chi connectivity index (χ1v) is 9.00. The van der Waals surface area contributed by atoms with Gasteiger partial charge in [0.2, 0.25) is 0 Å². The highest BCUT2D eigenvalue weighted by molar-refractivity contribution is 5.48. The molecule has 1 fully saturated rings. The van der Waals surface area contributed by atoms with Gasteiger partial charge in [0.15, 0.2) is 0 Å². The summed E-state index contributed by atoms with van der Waals surface area (Å²) in [5, 5.41) is 14.2. The molecule has 1 aliphatic heterocycles. The maximum Gasteiger partial charge on any atom is 0.0992 e. The van der Waals surface area contributed by atoms with Gasteiger partial charge in [-0.05, 0) is 37.1 Å². The molecule has 2 unspecified atom stereocenters. The van der Waals surface area contributed by atoms with Crippen LogP contribution in [0.2, 0.25) is 0 Å². The van der Waals surface area contributed by atoms with Crippen LogP contribution >= 0.6 is 0 Å². The van der Waals surface area contributed by atoms with E-state index < -0.39 is 5.60 Å². The molecule has 4 nitrogen and oxygen atoms in total. The molecule has 0 aliphatic carbocycles. The van der Waals surface area contributed by atoms with E-state index in [-0.39, 0.29) is 6.04 Å². The number of rotatable bonds is 6. The van der Waals surface area contributed by atoms with Gasteiger partial charge in [-0.25, -0.2) is 0 Å². The molecule has 2 N–H and O–H groups in total. The molecule has 25 heavy (non-hydrogen) atoms. The van der Waals surface area contributed by atoms with E-state index >= 15 is 0 Å². The van der Waals surface area contributed by atoms with Crippen molar-refractivity contribution in [2.75, 3.05) is 37.7 Å². The molecule has 1 heterocycles. The Morgan fingerprint density at radius 3 is 2.36 bits per heavy atom. The molecule has 0 amide bonds. The maximum atomic E-state index is 10.7. The van der Waals surface area contributed by atoms with Crippen LogP contribution in [0.3, 0.4) is 0 Å². The fraction of sp³-hybridized carbons (Fsp3) is 0.429. The van der Waals surface area contributed by atoms with Crippen LogP contribution in [0.1, 0.15) is 31.0 Å². The van der Waals surface area contributed by atoms with Crippen LogP contribution in [-0.2, 0) is 10.3 Å². The van der Waals surface area contributed by atoms with Crippen molar-refractivity contribution in [1.82, 2.24) is 5.32 Å². The zero-order chi connectivity index (χ0) is 17.7. The molecular weight excluding hydrogens is 312 g/mol. The van der Waals surface area contributed by atoms with Crippen molar-refractivity contribution in [2.45, 2.75) is 25.5 Å². The summed E-state index contributed by atoms with van der Waals surface area (Å²) in [6, 6.07) is 18.7. The van der Waals surface area contributed by atoms with Gasteiger partial charge in [-0.15, -0.1) is 0 Å². The van der Waals surface area contributed by atoms with Gasteiger partial charge in [-0.3, -0.25) is 0 Å². The standard InChI is InChI=1S/C21H28N2O2/c1-17(22-16-21(2,24)19-6-4-3-5-7-19)18-8-10-20(11-9-18)23-12-14-25-15-13-23/h3-11,17,22,24H,12-16H2,1-2H3. The number of hydrogen-bond acceptors (Lipinski definition) is 4. The molecule has 134 valence electrons. The molecule has 0 radical (unpaired) electrons. The van der Waals surface area contributed by atoms with E-state index in [0.29, 0.717) is 6.54 Å². The summed E-state index contributed by atoms with van der Waals surface area (Å²) in [7, 11) is 0. The lowest BCUT2D eigenvalue weighted by Crippen LogP contribution is -2.37. The average molecular weight is 340 g/mol. The number of hydrogen-bond donors (Lipinski definition) is 2. The molecule has 1 saturated heterocycles. The highest BCUT2D eigenvalue weighted by Gasteiger charge is 2.23. The largest absolute Gasteiger partial charge is 0.384 e. The van der Waals surface area contributed by atoms with Gasteiger partial charge >= 0.3 is 0 Å². The molecule has 2 aromatic carbocycles. The summed E-state index contributed by atoms with van der Waals surface area (Å²) in [6.07, 6.45) is 0. The first-order chi connectivity index (χ1) is 12.1. The van der Waals surface area contributed by atoms with E-state index in [1.54, 1.807) is 0 Å². The van der Waals surface area contributed by atoms with Crippen LogP contribution in [0.25, 0.3) is 0 Å². The predicted octanol–water partition coefficient (Wildman–Crippen LogP) is 3.08. The van der Waals surface area contributed by atoms with Gasteiger partial charge in [-0.1, -0.05) is 42.5 Å². The minimum atomic E-state index is -0.886. The summed E-state index contributed by atoms with van der Waals surface area (Å²) in [4.78, 5) is 2.35. The Morgan fingerprint density at radius 2 is 1.72 bits per heavy atom. The van der Waals surface area contributed by atoms with Crippen LogP contribution in [0.4, 0.5) is 5.69 Å². The van der Waals surface area contributed by atoms with Crippen molar-refractivity contribution in [3.63, 3.8) is 0 Å². The third-order valence-electron chi connectivity index (χ3n) is 4.92. The van der Waals surface area contributed by atoms with E-state index in [9.17, 15) is 5.11 Å². The third-order valence-corrected chi connectivity index (χ3v) is 4.92. The van der Waals surface area contributed by atoms with Crippen molar-refractivity contribution in [1.29, 1.82) is 0 Å². The number of ether oxygens (including phenoxy) is 1. The fourth-order valence-corrected chi connectivity index (χ4v) is 3.16. The van der Waals surface area contributed by atoms with Gasteiger partial charge in [0.05, 0.1) is 18.8 Å². The van der Waals surface area contributed by atoms with Crippen LogP contribution in [0, 0.1) is 0 Å². The summed E-state index contributed by atoms with van der Waals surface area (Å²) in [5.74, 6) is 0. The second-order valence-corrected chi connectivity index (χ2v) is 6.93. The van der Waals surface area contributed by atoms with Crippen LogP contribution in [0.15, 0.2) is 54.6 Å². The van der Waals surface area contributed by atoms with Crippen molar-refractivity contribution in [3.05, 3.63) is 65.7 Å². The number of benzene rings is 2. The molecule has 0 saturated carbocycles. The smallest absolute Gasteiger partial charge is 0.0992 e. The van der Waals surface area contributed by atoms with Crippen molar-refractivity contribution >= 4 is 5.69 Å². The van der Waals surface area contributed by atoms with Gasteiger partial charge in [-0.2, -0.15) is 0 Å². The minimum absolute atomic E-state index is 0.175. The lowest BCUT2D eigenvalue weighted by molar-refractivity contribution is 0.0543. The van der Waals surface area contributed by atoms with E-state index in [4.69, 9.17) is 4.74 Å². The van der Waals surface area contributed by atoms with Gasteiger partial charge in [0, 0.05) is 31.4 Å². The van der Waals surface area contributed by atoms with E-state index in [0.717, 1.165) is 31.9 Å². The summed E-state index contributed by atoms with van der Waals surface area (Å²) >= 11 is 0. The normalized spacial score (nSPS) is 18.6. The monoisotopic (exact) mass is 340 g/mol. The van der Waals surface area contributed by atoms with Crippen LogP contribution in [0.5, 0.6) is 0 Å². The summed E-state index contributed by atoms with van der Waals surface area (Å²) in [5.41, 5.74) is 2.51. The molecule has 4 heteroatoms. The summed E-state index contributed by atoms with van der Waals surface area (Å²) in [6.45, 7) is 7.99. The second kappa shape index (κ2) is 8.00. The maximum absolute atomic E-state index is 10.7. The molecule has 1 aliphatic rings. The van der Waals surface area contributed by atoms with Crippen molar-refractivity contribution in [3.8, 4) is 0 Å². The van der Waals surface area contributed by atoms with E-state index in [1.165, 1.54) is 11.3 Å². The summed E-state index contributed by atoms with van der Waals surface area (Å²) < 4.78 is 5.41. The van der Waals surface area contributed by atoms with Crippen LogP contribution < -0.4 is 10.2 Å². The Morgan fingerprint density at radius 1 is 1.08 bits per heavy atom. The highest BCUT2D eigenvalue weighted by atomic mass is 16.5. The topological polar surface area (TPSA) is 44.7 Å². The Balaban J connectivity index is 1.58. The van der Waals surface area contributed by atoms with E-state index in [1.807, 2.05) is 37.3 Å². The second-order valence-electron chi connectivity index (χ2n) is 6.93. The number of morpholine rings is 1. The predicted molar refractivity (Wildman–Crippen MR) is 102 cm³/mol. The molecule has 3 rings (SSSR count). The van der Waals surface area contributed by atoms with Crippen molar-refractivity contribution < 1.29 is 9.84 Å². The SMILES string of the molecule is CC(NCC(C)(O)c1ccccc1)c1ccc(N2CCOCC2)cc1. The first-order valence-electron chi connectivity index (χ1n) is 9.00. The number of nitrogens with zero attached hydrogens (tertiary/aromatic N) is 1. The molecule has 0 spiro atoms. The number of anilines is 1. The van der Waals surface area contributed by atoms with E-state index in [2.05, 4.69) is 41.4 Å². The third kappa shape index (κ3) is 4.60. The lowest BCUT2D eigenvalue weighted by Gasteiger charge is -2.29. The zero-order valence-corrected chi connectivity index (χ0v) is 15.1. The molecule has 0 bridgehead atoms.